The van der Waals surface area contributed by atoms with Crippen molar-refractivity contribution in [2.75, 3.05) is 41.0 Å². The summed E-state index contributed by atoms with van der Waals surface area (Å²) >= 11 is 0. The Labute approximate surface area is 171 Å². The maximum absolute atomic E-state index is 13.9. The molecule has 8 heteroatoms. The lowest BCUT2D eigenvalue weighted by molar-refractivity contribution is -0.138. The lowest BCUT2D eigenvalue weighted by Crippen LogP contribution is -2.49. The lowest BCUT2D eigenvalue weighted by atomic mass is 9.84. The van der Waals surface area contributed by atoms with Crippen LogP contribution in [0, 0.1) is 11.2 Å². The highest BCUT2D eigenvalue weighted by atomic mass is 19.1. The molecule has 0 unspecified atom stereocenters. The predicted octanol–water partition coefficient (Wildman–Crippen LogP) is 2.05. The standard InChI is InChI=1S/C21H31FN4O3/c1-23-20(25-13-21(7-4-5-8-21)19(27)26(2)3)24-9-6-15-10-17(22)11-16-12-28-14-29-18(15)16/h10-11H,4-9,12-14H2,1-3H3,(H2,23,24,25). The van der Waals surface area contributed by atoms with Crippen molar-refractivity contribution in [3.8, 4) is 5.75 Å². The Morgan fingerprint density at radius 1 is 1.28 bits per heavy atom. The van der Waals surface area contributed by atoms with Crippen LogP contribution in [0.4, 0.5) is 4.39 Å². The lowest BCUT2D eigenvalue weighted by Gasteiger charge is -2.31. The monoisotopic (exact) mass is 406 g/mol. The van der Waals surface area contributed by atoms with E-state index in [-0.39, 0.29) is 23.9 Å². The molecule has 1 amide bonds. The molecule has 160 valence electrons. The van der Waals surface area contributed by atoms with Gasteiger partial charge in [-0.25, -0.2) is 4.39 Å². The number of carbonyl (C=O) groups excluding carboxylic acids is 1. The van der Waals surface area contributed by atoms with E-state index < -0.39 is 0 Å². The van der Waals surface area contributed by atoms with Crippen LogP contribution in [0.25, 0.3) is 0 Å². The maximum Gasteiger partial charge on any atom is 0.230 e. The van der Waals surface area contributed by atoms with Crippen molar-refractivity contribution >= 4 is 11.9 Å². The number of guanidine groups is 1. The molecular weight excluding hydrogens is 375 g/mol. The maximum atomic E-state index is 13.9. The van der Waals surface area contributed by atoms with Crippen LogP contribution in [0.1, 0.15) is 36.8 Å². The number of nitrogens with zero attached hydrogens (tertiary/aromatic N) is 2. The summed E-state index contributed by atoms with van der Waals surface area (Å²) in [6.07, 6.45) is 4.51. The average Bonchev–Trinajstić information content (AvgIpc) is 3.19. The quantitative estimate of drug-likeness (QED) is 0.559. The first-order valence-corrected chi connectivity index (χ1v) is 10.1. The van der Waals surface area contributed by atoms with Gasteiger partial charge in [-0.05, 0) is 37.0 Å². The number of carbonyl (C=O) groups is 1. The first-order valence-electron chi connectivity index (χ1n) is 10.1. The zero-order chi connectivity index (χ0) is 20.9. The van der Waals surface area contributed by atoms with Crippen molar-refractivity contribution in [2.45, 2.75) is 38.7 Å². The summed E-state index contributed by atoms with van der Waals surface area (Å²) in [5.41, 5.74) is 1.18. The number of rotatable bonds is 6. The van der Waals surface area contributed by atoms with E-state index in [0.717, 1.165) is 36.8 Å². The minimum absolute atomic E-state index is 0.170. The van der Waals surface area contributed by atoms with Gasteiger partial charge in [-0.1, -0.05) is 12.8 Å². The van der Waals surface area contributed by atoms with E-state index in [1.54, 1.807) is 11.9 Å². The predicted molar refractivity (Wildman–Crippen MR) is 109 cm³/mol. The first kappa shape index (κ1) is 21.4. The van der Waals surface area contributed by atoms with Crippen LogP contribution in [-0.2, 0) is 22.6 Å². The molecule has 0 bridgehead atoms. The van der Waals surface area contributed by atoms with Gasteiger partial charge in [0, 0.05) is 39.8 Å². The van der Waals surface area contributed by atoms with Crippen LogP contribution >= 0.6 is 0 Å². The minimum Gasteiger partial charge on any atom is -0.467 e. The Morgan fingerprint density at radius 2 is 2.03 bits per heavy atom. The van der Waals surface area contributed by atoms with Gasteiger partial charge in [-0.2, -0.15) is 0 Å². The molecule has 2 N–H and O–H groups in total. The van der Waals surface area contributed by atoms with Crippen molar-refractivity contribution in [2.24, 2.45) is 10.4 Å². The zero-order valence-electron chi connectivity index (χ0n) is 17.5. The fourth-order valence-corrected chi connectivity index (χ4v) is 4.22. The fraction of sp³-hybridized carbons (Fsp3) is 0.619. The van der Waals surface area contributed by atoms with Crippen LogP contribution in [0.2, 0.25) is 0 Å². The molecule has 2 aliphatic rings. The number of halogens is 1. The average molecular weight is 407 g/mol. The number of hydrogen-bond acceptors (Lipinski definition) is 4. The fourth-order valence-electron chi connectivity index (χ4n) is 4.22. The van der Waals surface area contributed by atoms with Gasteiger partial charge in [0.1, 0.15) is 11.6 Å². The Morgan fingerprint density at radius 3 is 2.72 bits per heavy atom. The van der Waals surface area contributed by atoms with Crippen molar-refractivity contribution < 1.29 is 18.7 Å². The molecule has 1 saturated carbocycles. The highest BCUT2D eigenvalue weighted by molar-refractivity contribution is 5.85. The molecule has 0 aromatic heterocycles. The van der Waals surface area contributed by atoms with Crippen molar-refractivity contribution in [1.29, 1.82) is 0 Å². The highest BCUT2D eigenvalue weighted by Gasteiger charge is 2.42. The van der Waals surface area contributed by atoms with Crippen molar-refractivity contribution in [1.82, 2.24) is 15.5 Å². The molecule has 0 atom stereocenters. The van der Waals surface area contributed by atoms with Gasteiger partial charge >= 0.3 is 0 Å². The molecule has 29 heavy (non-hydrogen) atoms. The molecule has 1 aliphatic heterocycles. The molecule has 1 fully saturated rings. The van der Waals surface area contributed by atoms with E-state index in [1.165, 1.54) is 12.1 Å². The summed E-state index contributed by atoms with van der Waals surface area (Å²) in [5.74, 6) is 1.23. The summed E-state index contributed by atoms with van der Waals surface area (Å²) < 4.78 is 24.7. The van der Waals surface area contributed by atoms with Gasteiger partial charge in [0.2, 0.25) is 5.91 Å². The van der Waals surface area contributed by atoms with Crippen molar-refractivity contribution in [3.05, 3.63) is 29.1 Å². The summed E-state index contributed by atoms with van der Waals surface area (Å²) in [7, 11) is 5.32. The van der Waals surface area contributed by atoms with Gasteiger partial charge in [0.15, 0.2) is 12.8 Å². The van der Waals surface area contributed by atoms with Crippen molar-refractivity contribution in [3.63, 3.8) is 0 Å². The Bertz CT molecular complexity index is 761. The summed E-state index contributed by atoms with van der Waals surface area (Å²) in [5, 5.41) is 6.57. The van der Waals surface area contributed by atoms with E-state index in [9.17, 15) is 9.18 Å². The van der Waals surface area contributed by atoms with Gasteiger partial charge in [0.25, 0.3) is 0 Å². The number of aliphatic imine (C=N–C) groups is 1. The molecule has 0 radical (unpaired) electrons. The molecule has 1 aliphatic carbocycles. The second kappa shape index (κ2) is 9.43. The third-order valence-corrected chi connectivity index (χ3v) is 5.68. The number of nitrogens with one attached hydrogen (secondary N) is 2. The summed E-state index contributed by atoms with van der Waals surface area (Å²) in [6.45, 7) is 1.66. The van der Waals surface area contributed by atoms with Gasteiger partial charge in [-0.15, -0.1) is 0 Å². The van der Waals surface area contributed by atoms with Crippen LogP contribution in [-0.4, -0.2) is 57.8 Å². The van der Waals surface area contributed by atoms with E-state index in [4.69, 9.17) is 9.47 Å². The topological polar surface area (TPSA) is 75.2 Å². The van der Waals surface area contributed by atoms with E-state index >= 15 is 0 Å². The first-order chi connectivity index (χ1) is 13.9. The second-order valence-electron chi connectivity index (χ2n) is 7.95. The summed E-state index contributed by atoms with van der Waals surface area (Å²) in [4.78, 5) is 18.6. The van der Waals surface area contributed by atoms with E-state index in [0.29, 0.717) is 37.8 Å². The van der Waals surface area contributed by atoms with Crippen LogP contribution in [0.3, 0.4) is 0 Å². The van der Waals surface area contributed by atoms with E-state index in [1.807, 2.05) is 14.1 Å². The Hall–Kier alpha value is -2.35. The minimum atomic E-state index is -0.364. The molecule has 0 saturated heterocycles. The molecule has 0 spiro atoms. The molecule has 1 aromatic carbocycles. The Kier molecular flexibility index (Phi) is 6.95. The smallest absolute Gasteiger partial charge is 0.230 e. The number of hydrogen-bond donors (Lipinski definition) is 2. The molecule has 1 aromatic rings. The normalized spacial score (nSPS) is 18.0. The van der Waals surface area contributed by atoms with Gasteiger partial charge < -0.3 is 25.0 Å². The molecule has 7 nitrogen and oxygen atoms in total. The van der Waals surface area contributed by atoms with E-state index in [2.05, 4.69) is 15.6 Å². The number of benzene rings is 1. The highest BCUT2D eigenvalue weighted by Crippen LogP contribution is 2.38. The Balaban J connectivity index is 1.56. The molecule has 1 heterocycles. The third-order valence-electron chi connectivity index (χ3n) is 5.68. The second-order valence-corrected chi connectivity index (χ2v) is 7.95. The van der Waals surface area contributed by atoms with Gasteiger partial charge in [-0.3, -0.25) is 9.79 Å². The largest absolute Gasteiger partial charge is 0.467 e. The number of ether oxygens (including phenoxy) is 2. The molecular formula is C21H31FN4O3. The molecule has 3 rings (SSSR count). The van der Waals surface area contributed by atoms with Crippen LogP contribution < -0.4 is 15.4 Å². The van der Waals surface area contributed by atoms with Gasteiger partial charge in [0.05, 0.1) is 12.0 Å². The summed E-state index contributed by atoms with van der Waals surface area (Å²) in [6, 6.07) is 2.96. The van der Waals surface area contributed by atoms with Crippen LogP contribution in [0.15, 0.2) is 17.1 Å². The van der Waals surface area contributed by atoms with Crippen LogP contribution in [0.5, 0.6) is 5.75 Å². The zero-order valence-corrected chi connectivity index (χ0v) is 17.5. The third kappa shape index (κ3) is 4.98. The number of fused-ring (bicyclic) bond motifs is 1. The SMILES string of the molecule is CN=C(NCCc1cc(F)cc2c1OCOC2)NCC1(C(=O)N(C)C)CCCC1. The number of amides is 1.